The molecule has 1 aromatic heterocycles. The molecule has 0 bridgehead atoms. The van der Waals surface area contributed by atoms with Gasteiger partial charge in [0.05, 0.1) is 12.5 Å². The summed E-state index contributed by atoms with van der Waals surface area (Å²) in [7, 11) is 1.52. The molecule has 1 aromatic rings. The first-order valence-electron chi connectivity index (χ1n) is 15.6. The molecule has 9 atom stereocenters. The van der Waals surface area contributed by atoms with E-state index >= 15 is 0 Å². The van der Waals surface area contributed by atoms with Crippen LogP contribution in [0.25, 0.3) is 6.20 Å². The Morgan fingerprint density at radius 2 is 1.68 bits per heavy atom. The van der Waals surface area contributed by atoms with Crippen molar-refractivity contribution in [3.63, 3.8) is 0 Å². The number of carbonyl (C=O) groups is 3. The molecule has 0 amide bonds. The largest absolute Gasteiger partial charge is 0.469 e. The van der Waals surface area contributed by atoms with Crippen LogP contribution in [0, 0.1) is 56.7 Å². The predicted molar refractivity (Wildman–Crippen MR) is 156 cm³/mol. The minimum Gasteiger partial charge on any atom is -0.469 e. The van der Waals surface area contributed by atoms with E-state index in [2.05, 4.69) is 58.7 Å². The van der Waals surface area contributed by atoms with Crippen LogP contribution in [0.4, 0.5) is 0 Å². The fourth-order valence-corrected chi connectivity index (χ4v) is 11.3. The highest BCUT2D eigenvalue weighted by atomic mass is 16.5. The molecule has 0 unspecified atom stereocenters. The molecule has 5 aliphatic carbocycles. The van der Waals surface area contributed by atoms with Gasteiger partial charge in [-0.1, -0.05) is 54.0 Å². The second-order valence-corrected chi connectivity index (χ2v) is 15.6. The summed E-state index contributed by atoms with van der Waals surface area (Å²) in [6.07, 6.45) is 13.0. The Bertz CT molecular complexity index is 1360. The number of hydrogen-bond donors (Lipinski definition) is 0. The predicted octanol–water partition coefficient (Wildman–Crippen LogP) is 6.31. The monoisotopic (exact) mass is 561 g/mol. The first-order chi connectivity index (χ1) is 19.2. The van der Waals surface area contributed by atoms with Crippen molar-refractivity contribution in [2.45, 2.75) is 93.4 Å². The Labute approximate surface area is 244 Å². The van der Waals surface area contributed by atoms with Crippen molar-refractivity contribution in [3.05, 3.63) is 29.9 Å². The van der Waals surface area contributed by atoms with Crippen LogP contribution in [0.2, 0.25) is 0 Å². The first kappa shape index (κ1) is 28.5. The van der Waals surface area contributed by atoms with Crippen molar-refractivity contribution in [3.8, 4) is 0 Å². The fourth-order valence-electron chi connectivity index (χ4n) is 11.3. The summed E-state index contributed by atoms with van der Waals surface area (Å²) in [6, 6.07) is 0. The molecule has 4 fully saturated rings. The van der Waals surface area contributed by atoms with Gasteiger partial charge in [-0.2, -0.15) is 0 Å². The van der Waals surface area contributed by atoms with Crippen LogP contribution < -0.4 is 0 Å². The average Bonchev–Trinajstić information content (AvgIpc) is 3.42. The second kappa shape index (κ2) is 8.97. The lowest BCUT2D eigenvalue weighted by Crippen LogP contribution is -2.67. The molecule has 6 rings (SSSR count). The zero-order chi connectivity index (χ0) is 29.8. The molecule has 0 aromatic carbocycles. The summed E-state index contributed by atoms with van der Waals surface area (Å²) in [4.78, 5) is 42.1. The van der Waals surface area contributed by atoms with E-state index in [0.717, 1.165) is 44.1 Å². The Balaban J connectivity index is 1.50. The Hall–Kier alpha value is -2.57. The molecule has 4 saturated carbocycles. The van der Waals surface area contributed by atoms with E-state index in [-0.39, 0.29) is 57.5 Å². The van der Waals surface area contributed by atoms with Crippen LogP contribution in [-0.4, -0.2) is 39.4 Å². The van der Waals surface area contributed by atoms with E-state index in [1.54, 1.807) is 17.2 Å². The van der Waals surface area contributed by atoms with Crippen LogP contribution in [0.1, 0.15) is 93.4 Å². The van der Waals surface area contributed by atoms with Crippen molar-refractivity contribution in [2.75, 3.05) is 7.11 Å². The number of nitrogens with zero attached hydrogens (tertiary/aromatic N) is 3. The maximum absolute atomic E-state index is 14.7. The van der Waals surface area contributed by atoms with Gasteiger partial charge in [-0.3, -0.25) is 19.0 Å². The number of hydrogen-bond acceptors (Lipinski definition) is 6. The quantitative estimate of drug-likeness (QED) is 0.311. The van der Waals surface area contributed by atoms with Crippen LogP contribution in [0.15, 0.2) is 29.9 Å². The van der Waals surface area contributed by atoms with Gasteiger partial charge >= 0.3 is 5.97 Å². The van der Waals surface area contributed by atoms with Crippen LogP contribution in [-0.2, 0) is 19.1 Å². The normalized spacial score (nSPS) is 46.1. The highest BCUT2D eigenvalue weighted by Crippen LogP contribution is 2.75. The number of rotatable bonds is 2. The molecule has 0 aliphatic heterocycles. The second-order valence-electron chi connectivity index (χ2n) is 15.6. The zero-order valence-corrected chi connectivity index (χ0v) is 26.1. The number of aromatic nitrogens is 3. The number of allylic oxidation sites excluding steroid dienone is 3. The molecule has 0 spiro atoms. The molecule has 7 heteroatoms. The Kier molecular flexibility index (Phi) is 6.24. The van der Waals surface area contributed by atoms with Crippen molar-refractivity contribution in [1.82, 2.24) is 14.8 Å². The molecule has 41 heavy (non-hydrogen) atoms. The lowest BCUT2D eigenvalue weighted by Gasteiger charge is -2.70. The zero-order valence-electron chi connectivity index (χ0n) is 26.1. The molecule has 0 saturated heterocycles. The van der Waals surface area contributed by atoms with E-state index < -0.39 is 10.8 Å². The molecule has 5 aliphatic rings. The lowest BCUT2D eigenvalue weighted by atomic mass is 9.33. The topological polar surface area (TPSA) is 91.2 Å². The van der Waals surface area contributed by atoms with Gasteiger partial charge in [0.25, 0.3) is 0 Å². The highest BCUT2D eigenvalue weighted by Gasteiger charge is 2.72. The van der Waals surface area contributed by atoms with Gasteiger partial charge in [-0.05, 0) is 90.9 Å². The summed E-state index contributed by atoms with van der Waals surface area (Å²) < 4.78 is 7.23. The van der Waals surface area contributed by atoms with Crippen LogP contribution in [0.5, 0.6) is 0 Å². The minimum absolute atomic E-state index is 0.0123. The number of ether oxygens (including phenoxy) is 1. The molecule has 7 nitrogen and oxygen atoms in total. The maximum atomic E-state index is 14.7. The molecular formula is C34H47N3O4. The number of methoxy groups -OCH3 is 1. The average molecular weight is 562 g/mol. The number of Topliss-reactive ketones (excluding diaryl/α,β-unsaturated/α-hetero) is 1. The van der Waals surface area contributed by atoms with Gasteiger partial charge in [-0.25, -0.2) is 0 Å². The van der Waals surface area contributed by atoms with Crippen LogP contribution >= 0.6 is 0 Å². The van der Waals surface area contributed by atoms with Gasteiger partial charge in [-0.15, -0.1) is 10.2 Å². The lowest BCUT2D eigenvalue weighted by molar-refractivity contribution is -0.189. The number of ketones is 2. The van der Waals surface area contributed by atoms with E-state index in [1.807, 2.05) is 12.3 Å². The third-order valence-electron chi connectivity index (χ3n) is 13.6. The molecular weight excluding hydrogens is 514 g/mol. The summed E-state index contributed by atoms with van der Waals surface area (Å²) >= 11 is 0. The van der Waals surface area contributed by atoms with Gasteiger partial charge in [0.15, 0.2) is 11.6 Å². The van der Waals surface area contributed by atoms with E-state index in [0.29, 0.717) is 12.3 Å². The number of fused-ring (bicyclic) bond motifs is 7. The molecule has 222 valence electrons. The smallest absolute Gasteiger partial charge is 0.312 e. The van der Waals surface area contributed by atoms with E-state index in [1.165, 1.54) is 12.7 Å². The third-order valence-corrected chi connectivity index (χ3v) is 13.6. The van der Waals surface area contributed by atoms with Crippen molar-refractivity contribution >= 4 is 23.7 Å². The maximum Gasteiger partial charge on any atom is 0.312 e. The SMILES string of the molecule is COC(=O)[C@]12CC[C@@H](C)[C@H](C)[C@H]1C1=CC(=O)[C@@H]3[C@@]4(C)C/C(=C/n5cnnc5)C(=O)C(C)(C)[C@@H]4CC[C@@]3(C)[C@]1(C)CC2. The van der Waals surface area contributed by atoms with Crippen molar-refractivity contribution in [1.29, 1.82) is 0 Å². The van der Waals surface area contributed by atoms with Gasteiger partial charge < -0.3 is 4.74 Å². The number of carbonyl (C=O) groups excluding carboxylic acids is 3. The van der Waals surface area contributed by atoms with E-state index in [9.17, 15) is 14.4 Å². The Morgan fingerprint density at radius 1 is 1.00 bits per heavy atom. The van der Waals surface area contributed by atoms with Gasteiger partial charge in [0.1, 0.15) is 12.7 Å². The molecule has 1 heterocycles. The standard InChI is InChI=1S/C34H47N3O4/c1-20-9-12-34(29(40)41-8)14-13-32(6)23(26(34)21(20)2)15-24(38)27-31(5)16-22(17-37-18-35-36-19-37)28(39)30(3,4)25(31)10-11-33(27,32)7/h15,17-21,25-27H,9-14,16H2,1-8H3/b22-17-/t20-,21+,25+,26+,27-,31+,32-,33-,34+/m1/s1. The summed E-state index contributed by atoms with van der Waals surface area (Å²) in [6.45, 7) is 15.8. The highest BCUT2D eigenvalue weighted by molar-refractivity contribution is 6.04. The van der Waals surface area contributed by atoms with Gasteiger partial charge in [0, 0.05) is 23.1 Å². The van der Waals surface area contributed by atoms with Crippen molar-refractivity contribution in [2.24, 2.45) is 56.7 Å². The summed E-state index contributed by atoms with van der Waals surface area (Å²) in [5, 5.41) is 7.84. The number of esters is 1. The summed E-state index contributed by atoms with van der Waals surface area (Å²) in [5.41, 5.74) is -0.0608. The summed E-state index contributed by atoms with van der Waals surface area (Å²) in [5.74, 6) is 0.923. The van der Waals surface area contributed by atoms with Crippen LogP contribution in [0.3, 0.4) is 0 Å². The van der Waals surface area contributed by atoms with Crippen molar-refractivity contribution < 1.29 is 19.1 Å². The fraction of sp³-hybridized carbons (Fsp3) is 0.735. The molecule has 0 radical (unpaired) electrons. The Morgan fingerprint density at radius 3 is 2.34 bits per heavy atom. The first-order valence-corrected chi connectivity index (χ1v) is 15.6. The molecule has 0 N–H and O–H groups in total. The van der Waals surface area contributed by atoms with E-state index in [4.69, 9.17) is 4.74 Å². The van der Waals surface area contributed by atoms with Gasteiger partial charge in [0.2, 0.25) is 0 Å². The minimum atomic E-state index is -0.584. The third kappa shape index (κ3) is 3.53.